The second kappa shape index (κ2) is 5.33. The number of methoxy groups -OCH3 is 1. The molecule has 0 aromatic rings. The number of esters is 1. The highest BCUT2D eigenvalue weighted by Crippen LogP contribution is 2.36. The van der Waals surface area contributed by atoms with E-state index in [1.54, 1.807) is 6.92 Å². The molecule has 17 heavy (non-hydrogen) atoms. The zero-order valence-electron chi connectivity index (χ0n) is 10.4. The van der Waals surface area contributed by atoms with Crippen LogP contribution in [0.5, 0.6) is 0 Å². The fraction of sp³-hybridized carbons (Fsp3) is 0.917. The van der Waals surface area contributed by atoms with Crippen LogP contribution in [-0.4, -0.2) is 44.3 Å². The van der Waals surface area contributed by atoms with Gasteiger partial charge in [0.05, 0.1) is 26.4 Å². The highest BCUT2D eigenvalue weighted by atomic mass is 16.7. The van der Waals surface area contributed by atoms with Crippen LogP contribution >= 0.6 is 0 Å². The van der Waals surface area contributed by atoms with Crippen molar-refractivity contribution in [2.45, 2.75) is 50.6 Å². The Kier molecular flexibility index (Phi) is 4.01. The van der Waals surface area contributed by atoms with Gasteiger partial charge in [0.15, 0.2) is 11.9 Å². The molecule has 0 amide bonds. The molecule has 1 saturated heterocycles. The molecule has 0 N–H and O–H groups in total. The van der Waals surface area contributed by atoms with Crippen LogP contribution in [-0.2, 0) is 23.7 Å². The number of carbonyl (C=O) groups is 1. The summed E-state index contributed by atoms with van der Waals surface area (Å²) in [4.78, 5) is 11.2. The quantitative estimate of drug-likeness (QED) is 0.699. The molecule has 5 heteroatoms. The van der Waals surface area contributed by atoms with E-state index in [0.717, 1.165) is 25.7 Å². The van der Waals surface area contributed by atoms with Crippen molar-refractivity contribution in [2.24, 2.45) is 0 Å². The average Bonchev–Trinajstić information content (AvgIpc) is 2.80. The summed E-state index contributed by atoms with van der Waals surface area (Å²) in [5, 5.41) is 0. The predicted molar refractivity (Wildman–Crippen MR) is 59.5 cm³/mol. The molecule has 5 nitrogen and oxygen atoms in total. The molecule has 0 radical (unpaired) electrons. The molecule has 1 aliphatic heterocycles. The van der Waals surface area contributed by atoms with Crippen molar-refractivity contribution in [1.82, 2.24) is 0 Å². The number of carbonyl (C=O) groups excluding carboxylic acids is 1. The third kappa shape index (κ3) is 2.97. The highest BCUT2D eigenvalue weighted by Gasteiger charge is 2.41. The minimum atomic E-state index is -0.496. The van der Waals surface area contributed by atoms with Gasteiger partial charge in [-0.2, -0.15) is 0 Å². The lowest BCUT2D eigenvalue weighted by Gasteiger charge is -2.35. The van der Waals surface area contributed by atoms with E-state index in [4.69, 9.17) is 14.2 Å². The average molecular weight is 244 g/mol. The molecule has 2 aliphatic rings. The summed E-state index contributed by atoms with van der Waals surface area (Å²) in [5.74, 6) is -0.687. The Balaban J connectivity index is 1.77. The molecular formula is C12H20O5. The standard InChI is InChI=1S/C12H20O5/c1-9(11(13)14-2)17-10-3-5-12(6-4-10)15-7-8-16-12/h9-10H,3-8H2,1-2H3. The summed E-state index contributed by atoms with van der Waals surface area (Å²) in [7, 11) is 1.37. The zero-order chi connectivity index (χ0) is 12.3. The first-order valence-electron chi connectivity index (χ1n) is 6.16. The number of hydrogen-bond donors (Lipinski definition) is 0. The lowest BCUT2D eigenvalue weighted by atomic mass is 9.91. The maximum absolute atomic E-state index is 11.2. The lowest BCUT2D eigenvalue weighted by molar-refractivity contribution is -0.197. The van der Waals surface area contributed by atoms with Gasteiger partial charge < -0.3 is 18.9 Å². The van der Waals surface area contributed by atoms with Crippen LogP contribution in [0.2, 0.25) is 0 Å². The van der Waals surface area contributed by atoms with E-state index in [-0.39, 0.29) is 17.9 Å². The first kappa shape index (κ1) is 12.8. The third-order valence-corrected chi connectivity index (χ3v) is 3.44. The largest absolute Gasteiger partial charge is 0.467 e. The summed E-state index contributed by atoms with van der Waals surface area (Å²) < 4.78 is 21.6. The molecule has 1 saturated carbocycles. The van der Waals surface area contributed by atoms with Crippen molar-refractivity contribution >= 4 is 5.97 Å². The Labute approximate surface area is 101 Å². The Morgan fingerprint density at radius 1 is 1.29 bits per heavy atom. The molecule has 0 bridgehead atoms. The van der Waals surface area contributed by atoms with Crippen molar-refractivity contribution in [3.63, 3.8) is 0 Å². The van der Waals surface area contributed by atoms with Gasteiger partial charge in [-0.25, -0.2) is 4.79 Å². The number of ether oxygens (including phenoxy) is 4. The summed E-state index contributed by atoms with van der Waals surface area (Å²) in [6.45, 7) is 3.09. The summed E-state index contributed by atoms with van der Waals surface area (Å²) >= 11 is 0. The van der Waals surface area contributed by atoms with Crippen LogP contribution in [0.25, 0.3) is 0 Å². The van der Waals surface area contributed by atoms with E-state index in [9.17, 15) is 4.79 Å². The Bertz CT molecular complexity index is 262. The monoisotopic (exact) mass is 244 g/mol. The van der Waals surface area contributed by atoms with Gasteiger partial charge >= 0.3 is 5.97 Å². The van der Waals surface area contributed by atoms with Gasteiger partial charge in [0, 0.05) is 12.8 Å². The minimum absolute atomic E-state index is 0.0996. The van der Waals surface area contributed by atoms with Crippen molar-refractivity contribution in [3.05, 3.63) is 0 Å². The topological polar surface area (TPSA) is 54.0 Å². The molecule has 1 spiro atoms. The fourth-order valence-electron chi connectivity index (χ4n) is 2.46. The van der Waals surface area contributed by atoms with E-state index < -0.39 is 6.10 Å². The van der Waals surface area contributed by atoms with E-state index in [1.165, 1.54) is 7.11 Å². The van der Waals surface area contributed by atoms with E-state index in [1.807, 2.05) is 0 Å². The van der Waals surface area contributed by atoms with Crippen molar-refractivity contribution in [3.8, 4) is 0 Å². The highest BCUT2D eigenvalue weighted by molar-refractivity contribution is 5.73. The second-order valence-corrected chi connectivity index (χ2v) is 4.61. The van der Waals surface area contributed by atoms with Crippen molar-refractivity contribution in [1.29, 1.82) is 0 Å². The van der Waals surface area contributed by atoms with Crippen LogP contribution in [0.3, 0.4) is 0 Å². The zero-order valence-corrected chi connectivity index (χ0v) is 10.4. The molecule has 1 aliphatic carbocycles. The fourth-order valence-corrected chi connectivity index (χ4v) is 2.46. The van der Waals surface area contributed by atoms with Gasteiger partial charge in [0.25, 0.3) is 0 Å². The summed E-state index contributed by atoms with van der Waals surface area (Å²) in [5.41, 5.74) is 0. The predicted octanol–water partition coefficient (Wildman–Crippen LogP) is 1.25. The molecule has 2 fully saturated rings. The van der Waals surface area contributed by atoms with Gasteiger partial charge in [-0.15, -0.1) is 0 Å². The third-order valence-electron chi connectivity index (χ3n) is 3.44. The normalized spacial score (nSPS) is 26.0. The van der Waals surface area contributed by atoms with Crippen LogP contribution in [0.15, 0.2) is 0 Å². The van der Waals surface area contributed by atoms with Crippen molar-refractivity contribution < 1.29 is 23.7 Å². The van der Waals surface area contributed by atoms with E-state index >= 15 is 0 Å². The minimum Gasteiger partial charge on any atom is -0.467 e. The Morgan fingerprint density at radius 3 is 2.41 bits per heavy atom. The Hall–Kier alpha value is -0.650. The Morgan fingerprint density at radius 2 is 1.88 bits per heavy atom. The molecule has 1 unspecified atom stereocenters. The van der Waals surface area contributed by atoms with Crippen molar-refractivity contribution in [2.75, 3.05) is 20.3 Å². The van der Waals surface area contributed by atoms with Gasteiger partial charge in [0.1, 0.15) is 0 Å². The van der Waals surface area contributed by atoms with Crippen LogP contribution in [0.1, 0.15) is 32.6 Å². The van der Waals surface area contributed by atoms with Gasteiger partial charge in [-0.1, -0.05) is 0 Å². The van der Waals surface area contributed by atoms with Crippen LogP contribution < -0.4 is 0 Å². The molecular weight excluding hydrogens is 224 g/mol. The smallest absolute Gasteiger partial charge is 0.334 e. The summed E-state index contributed by atoms with van der Waals surface area (Å²) in [6.07, 6.45) is 3.01. The lowest BCUT2D eigenvalue weighted by Crippen LogP contribution is -2.39. The molecule has 1 atom stereocenters. The van der Waals surface area contributed by atoms with Crippen LogP contribution in [0, 0.1) is 0 Å². The molecule has 1 heterocycles. The second-order valence-electron chi connectivity index (χ2n) is 4.61. The first-order chi connectivity index (χ1) is 8.15. The van der Waals surface area contributed by atoms with Crippen LogP contribution in [0.4, 0.5) is 0 Å². The van der Waals surface area contributed by atoms with Gasteiger partial charge in [-0.05, 0) is 19.8 Å². The summed E-state index contributed by atoms with van der Waals surface area (Å²) in [6, 6.07) is 0. The maximum Gasteiger partial charge on any atom is 0.334 e. The van der Waals surface area contributed by atoms with Gasteiger partial charge in [-0.3, -0.25) is 0 Å². The molecule has 0 aromatic heterocycles. The molecule has 98 valence electrons. The number of hydrogen-bond acceptors (Lipinski definition) is 5. The number of rotatable bonds is 3. The first-order valence-corrected chi connectivity index (χ1v) is 6.16. The molecule has 2 rings (SSSR count). The van der Waals surface area contributed by atoms with E-state index in [0.29, 0.717) is 13.2 Å². The van der Waals surface area contributed by atoms with Gasteiger partial charge in [0.2, 0.25) is 0 Å². The maximum atomic E-state index is 11.2. The molecule has 0 aromatic carbocycles. The van der Waals surface area contributed by atoms with E-state index in [2.05, 4.69) is 4.74 Å². The SMILES string of the molecule is COC(=O)C(C)OC1CCC2(CC1)OCCO2.